The number of halogens is 1. The summed E-state index contributed by atoms with van der Waals surface area (Å²) in [4.78, 5) is 0.301. The van der Waals surface area contributed by atoms with Gasteiger partial charge in [-0.1, -0.05) is 28.1 Å². The van der Waals surface area contributed by atoms with E-state index in [1.165, 1.54) is 0 Å². The van der Waals surface area contributed by atoms with Crippen molar-refractivity contribution in [2.24, 2.45) is 0 Å². The Balaban J connectivity index is 1.88. The summed E-state index contributed by atoms with van der Waals surface area (Å²) in [7, 11) is -3.53. The Bertz CT molecular complexity index is 792. The Morgan fingerprint density at radius 3 is 2.46 bits per heavy atom. The van der Waals surface area contributed by atoms with Crippen LogP contribution in [0, 0.1) is 0 Å². The number of benzene rings is 2. The van der Waals surface area contributed by atoms with Crippen LogP contribution in [0.3, 0.4) is 0 Å². The molecular formula is C17H18BrNO3S2. The van der Waals surface area contributed by atoms with E-state index in [4.69, 9.17) is 4.74 Å². The average Bonchev–Trinajstić information content (AvgIpc) is 3.07. The van der Waals surface area contributed by atoms with Gasteiger partial charge in [0, 0.05) is 16.8 Å². The van der Waals surface area contributed by atoms with E-state index >= 15 is 0 Å². The molecule has 3 rings (SSSR count). The maximum absolute atomic E-state index is 13.0. The number of sulfonamides is 1. The number of thioether (sulfide) groups is 1. The number of nitrogens with zero attached hydrogens (tertiary/aromatic N) is 1. The molecule has 0 aliphatic carbocycles. The molecule has 1 atom stereocenters. The van der Waals surface area contributed by atoms with Crippen LogP contribution in [0.15, 0.2) is 57.9 Å². The fraction of sp³-hybridized carbons (Fsp3) is 0.294. The van der Waals surface area contributed by atoms with Gasteiger partial charge in [0.2, 0.25) is 10.0 Å². The fourth-order valence-electron chi connectivity index (χ4n) is 2.60. The molecule has 0 amide bonds. The SMILES string of the molecule is CCOc1ccc(S(=O)(=O)N2CCS[C@@H]2c2ccc(Br)cc2)cc1. The van der Waals surface area contributed by atoms with Crippen LogP contribution in [-0.4, -0.2) is 31.6 Å². The van der Waals surface area contributed by atoms with Crippen LogP contribution < -0.4 is 4.74 Å². The molecule has 2 aromatic carbocycles. The minimum atomic E-state index is -3.53. The smallest absolute Gasteiger partial charge is 0.244 e. The number of hydrogen-bond donors (Lipinski definition) is 0. The van der Waals surface area contributed by atoms with Crippen LogP contribution in [0.2, 0.25) is 0 Å². The first-order chi connectivity index (χ1) is 11.5. The van der Waals surface area contributed by atoms with Crippen molar-refractivity contribution in [1.29, 1.82) is 0 Å². The van der Waals surface area contributed by atoms with E-state index in [2.05, 4.69) is 15.9 Å². The highest BCUT2D eigenvalue weighted by molar-refractivity contribution is 9.10. The van der Waals surface area contributed by atoms with Crippen LogP contribution in [0.25, 0.3) is 0 Å². The Morgan fingerprint density at radius 1 is 1.17 bits per heavy atom. The molecule has 0 spiro atoms. The van der Waals surface area contributed by atoms with E-state index < -0.39 is 10.0 Å². The molecule has 4 nitrogen and oxygen atoms in total. The van der Waals surface area contributed by atoms with E-state index in [1.807, 2.05) is 31.2 Å². The molecule has 128 valence electrons. The Morgan fingerprint density at radius 2 is 1.83 bits per heavy atom. The van der Waals surface area contributed by atoms with Crippen molar-refractivity contribution in [2.45, 2.75) is 17.2 Å². The second-order valence-electron chi connectivity index (χ2n) is 5.29. The summed E-state index contributed by atoms with van der Waals surface area (Å²) in [5.74, 6) is 1.47. The second kappa shape index (κ2) is 7.47. The first kappa shape index (κ1) is 17.8. The lowest BCUT2D eigenvalue weighted by Crippen LogP contribution is -2.30. The minimum absolute atomic E-state index is 0.185. The summed E-state index contributed by atoms with van der Waals surface area (Å²) < 4.78 is 34.0. The molecule has 1 fully saturated rings. The highest BCUT2D eigenvalue weighted by atomic mass is 79.9. The third kappa shape index (κ3) is 3.64. The van der Waals surface area contributed by atoms with Crippen molar-refractivity contribution >= 4 is 37.7 Å². The third-order valence-electron chi connectivity index (χ3n) is 3.75. The molecular weight excluding hydrogens is 410 g/mol. The standard InChI is InChI=1S/C17H18BrNO3S2/c1-2-22-15-7-9-16(10-8-15)24(20,21)19-11-12-23-17(19)13-3-5-14(18)6-4-13/h3-10,17H,2,11-12H2,1H3/t17-/m1/s1. The van der Waals surface area contributed by atoms with Gasteiger partial charge >= 0.3 is 0 Å². The first-order valence-electron chi connectivity index (χ1n) is 7.64. The monoisotopic (exact) mass is 427 g/mol. The molecule has 24 heavy (non-hydrogen) atoms. The summed E-state index contributed by atoms with van der Waals surface area (Å²) in [5.41, 5.74) is 0.996. The Labute approximate surface area is 155 Å². The van der Waals surface area contributed by atoms with Gasteiger partial charge in [0.1, 0.15) is 5.75 Å². The van der Waals surface area contributed by atoms with E-state index in [0.717, 1.165) is 15.8 Å². The second-order valence-corrected chi connectivity index (χ2v) is 9.29. The summed E-state index contributed by atoms with van der Waals surface area (Å²) in [6, 6.07) is 14.4. The number of hydrogen-bond acceptors (Lipinski definition) is 4. The molecule has 2 aromatic rings. The van der Waals surface area contributed by atoms with Gasteiger partial charge in [0.15, 0.2) is 0 Å². The molecule has 1 saturated heterocycles. The van der Waals surface area contributed by atoms with Crippen molar-refractivity contribution in [3.05, 3.63) is 58.6 Å². The van der Waals surface area contributed by atoms with Gasteiger partial charge in [-0.2, -0.15) is 4.31 Å². The highest BCUT2D eigenvalue weighted by Gasteiger charge is 2.36. The van der Waals surface area contributed by atoms with Crippen molar-refractivity contribution in [3.8, 4) is 5.75 Å². The predicted molar refractivity (Wildman–Crippen MR) is 101 cm³/mol. The summed E-state index contributed by atoms with van der Waals surface area (Å²) in [5, 5.41) is -0.185. The molecule has 1 heterocycles. The summed E-state index contributed by atoms with van der Waals surface area (Å²) in [6.45, 7) is 2.97. The van der Waals surface area contributed by atoms with Crippen molar-refractivity contribution in [2.75, 3.05) is 18.9 Å². The Kier molecular flexibility index (Phi) is 5.54. The number of rotatable bonds is 5. The van der Waals surface area contributed by atoms with Gasteiger partial charge in [-0.3, -0.25) is 0 Å². The van der Waals surface area contributed by atoms with Crippen molar-refractivity contribution < 1.29 is 13.2 Å². The predicted octanol–water partition coefficient (Wildman–Crippen LogP) is 4.28. The lowest BCUT2D eigenvalue weighted by atomic mass is 10.2. The van der Waals surface area contributed by atoms with E-state index in [9.17, 15) is 8.42 Å². The van der Waals surface area contributed by atoms with Crippen LogP contribution in [0.1, 0.15) is 17.9 Å². The zero-order chi connectivity index (χ0) is 17.2. The summed E-state index contributed by atoms with van der Waals surface area (Å²) >= 11 is 5.06. The van der Waals surface area contributed by atoms with Crippen LogP contribution in [0.4, 0.5) is 0 Å². The van der Waals surface area contributed by atoms with Crippen LogP contribution >= 0.6 is 27.7 Å². The summed E-state index contributed by atoms with van der Waals surface area (Å²) in [6.07, 6.45) is 0. The van der Waals surface area contributed by atoms with Gasteiger partial charge in [-0.05, 0) is 48.9 Å². The molecule has 0 bridgehead atoms. The van der Waals surface area contributed by atoms with Gasteiger partial charge in [0.25, 0.3) is 0 Å². The van der Waals surface area contributed by atoms with E-state index in [0.29, 0.717) is 23.8 Å². The first-order valence-corrected chi connectivity index (χ1v) is 10.9. The van der Waals surface area contributed by atoms with Gasteiger partial charge < -0.3 is 4.74 Å². The minimum Gasteiger partial charge on any atom is -0.494 e. The fourth-order valence-corrected chi connectivity index (χ4v) is 6.11. The highest BCUT2D eigenvalue weighted by Crippen LogP contribution is 2.41. The molecule has 0 aromatic heterocycles. The number of ether oxygens (including phenoxy) is 1. The molecule has 0 radical (unpaired) electrons. The van der Waals surface area contributed by atoms with E-state index in [1.54, 1.807) is 40.3 Å². The molecule has 0 saturated carbocycles. The topological polar surface area (TPSA) is 46.6 Å². The maximum Gasteiger partial charge on any atom is 0.244 e. The van der Waals surface area contributed by atoms with Crippen LogP contribution in [0.5, 0.6) is 5.75 Å². The normalized spacial score (nSPS) is 18.7. The molecule has 0 N–H and O–H groups in total. The van der Waals surface area contributed by atoms with Crippen molar-refractivity contribution in [1.82, 2.24) is 4.31 Å². The largest absolute Gasteiger partial charge is 0.494 e. The van der Waals surface area contributed by atoms with Crippen LogP contribution in [-0.2, 0) is 10.0 Å². The zero-order valence-corrected chi connectivity index (χ0v) is 16.4. The lowest BCUT2D eigenvalue weighted by Gasteiger charge is -2.23. The molecule has 0 unspecified atom stereocenters. The van der Waals surface area contributed by atoms with Gasteiger partial charge in [0.05, 0.1) is 16.9 Å². The van der Waals surface area contributed by atoms with E-state index in [-0.39, 0.29) is 5.37 Å². The van der Waals surface area contributed by atoms with Gasteiger partial charge in [-0.15, -0.1) is 11.8 Å². The Hall–Kier alpha value is -1.02. The molecule has 7 heteroatoms. The third-order valence-corrected chi connectivity index (χ3v) is 7.55. The molecule has 1 aliphatic rings. The average molecular weight is 428 g/mol. The lowest BCUT2D eigenvalue weighted by molar-refractivity contribution is 0.340. The van der Waals surface area contributed by atoms with Gasteiger partial charge in [-0.25, -0.2) is 8.42 Å². The molecule has 1 aliphatic heterocycles. The van der Waals surface area contributed by atoms with Crippen molar-refractivity contribution in [3.63, 3.8) is 0 Å². The zero-order valence-electron chi connectivity index (χ0n) is 13.2. The quantitative estimate of drug-likeness (QED) is 0.713. The maximum atomic E-state index is 13.0.